The van der Waals surface area contributed by atoms with E-state index in [-0.39, 0.29) is 104 Å². The Morgan fingerprint density at radius 3 is 1.45 bits per heavy atom. The molecule has 0 saturated carbocycles. The highest BCUT2D eigenvalue weighted by atomic mass is 35.5. The van der Waals surface area contributed by atoms with Crippen molar-refractivity contribution in [3.05, 3.63) is 76.8 Å². The van der Waals surface area contributed by atoms with E-state index in [1.165, 1.54) is 28.0 Å². The molecule has 0 aliphatic carbocycles. The molecule has 18 heteroatoms. The van der Waals surface area contributed by atoms with E-state index in [9.17, 15) is 39.9 Å². The summed E-state index contributed by atoms with van der Waals surface area (Å²) < 4.78 is 10.1. The zero-order chi connectivity index (χ0) is 37.0. The second kappa shape index (κ2) is 15.5. The number of ether oxygens (including phenoxy) is 2. The van der Waals surface area contributed by atoms with Crippen LogP contribution in [-0.4, -0.2) is 108 Å². The normalized spacial score (nSPS) is 14.6. The zero-order valence-electron chi connectivity index (χ0n) is 27.7. The van der Waals surface area contributed by atoms with Gasteiger partial charge in [-0.05, 0) is 26.0 Å². The minimum Gasteiger partial charge on any atom is -0.506 e. The van der Waals surface area contributed by atoms with Crippen molar-refractivity contribution in [2.45, 2.75) is 19.8 Å². The monoisotopic (exact) mass is 740 g/mol. The number of nitrogens with one attached hydrogen (secondary N) is 2. The Kier molecular flexibility index (Phi) is 11.2. The molecular formula is C33H34Cl2N8O8. The Labute approximate surface area is 301 Å². The average Bonchev–Trinajstić information content (AvgIpc) is 3.11. The number of pyridine rings is 2. The molecule has 0 radical (unpaired) electrons. The molecule has 4 N–H and O–H groups in total. The van der Waals surface area contributed by atoms with Gasteiger partial charge in [-0.1, -0.05) is 29.3 Å². The molecule has 4 heterocycles. The molecule has 2 saturated heterocycles. The number of halogens is 2. The van der Waals surface area contributed by atoms with E-state index in [1.807, 2.05) is 12.1 Å². The Hall–Kier alpha value is -5.58. The van der Waals surface area contributed by atoms with Gasteiger partial charge < -0.3 is 49.3 Å². The molecule has 0 atom stereocenters. The lowest BCUT2D eigenvalue weighted by Gasteiger charge is -2.36. The fourth-order valence-corrected chi connectivity index (χ4v) is 6.90. The van der Waals surface area contributed by atoms with Crippen LogP contribution >= 0.6 is 23.2 Å². The maximum Gasteiger partial charge on any atom is 0.409 e. The van der Waals surface area contributed by atoms with Gasteiger partial charge in [-0.15, -0.1) is 0 Å². The van der Waals surface area contributed by atoms with E-state index in [0.29, 0.717) is 0 Å². The Morgan fingerprint density at radius 1 is 0.745 bits per heavy atom. The number of aromatic nitrogens is 2. The summed E-state index contributed by atoms with van der Waals surface area (Å²) in [6.45, 7) is 5.32. The highest BCUT2D eigenvalue weighted by Gasteiger charge is 2.37. The lowest BCUT2D eigenvalue weighted by molar-refractivity contribution is 0.104. The molecule has 2 fully saturated rings. The van der Waals surface area contributed by atoms with Crippen molar-refractivity contribution in [2.24, 2.45) is 0 Å². The van der Waals surface area contributed by atoms with Gasteiger partial charge in [-0.2, -0.15) is 10.5 Å². The predicted octanol–water partition coefficient (Wildman–Crippen LogP) is 3.26. The fraction of sp³-hybridized carbons (Fsp3) is 0.394. The molecule has 0 unspecified atom stereocenters. The topological polar surface area (TPSA) is 219 Å². The summed E-state index contributed by atoms with van der Waals surface area (Å²) in [6, 6.07) is 8.20. The minimum atomic E-state index is -1.68. The Morgan fingerprint density at radius 2 is 1.12 bits per heavy atom. The molecule has 2 aromatic heterocycles. The third-order valence-electron chi connectivity index (χ3n) is 8.74. The number of anilines is 2. The van der Waals surface area contributed by atoms with Crippen LogP contribution < -0.4 is 20.9 Å². The summed E-state index contributed by atoms with van der Waals surface area (Å²) in [6.07, 6.45) is -1.01. The van der Waals surface area contributed by atoms with Gasteiger partial charge in [0.2, 0.25) is 0 Å². The average molecular weight is 742 g/mol. The molecule has 2 amide bonds. The summed E-state index contributed by atoms with van der Waals surface area (Å²) in [5.41, 5.74) is -3.70. The maximum atomic E-state index is 14.0. The smallest absolute Gasteiger partial charge is 0.409 e. The molecule has 3 aromatic rings. The highest BCUT2D eigenvalue weighted by molar-refractivity contribution is 6.36. The van der Waals surface area contributed by atoms with Crippen LogP contribution in [0.15, 0.2) is 27.8 Å². The zero-order valence-corrected chi connectivity index (χ0v) is 29.2. The van der Waals surface area contributed by atoms with E-state index >= 15 is 0 Å². The van der Waals surface area contributed by atoms with Crippen LogP contribution in [0.4, 0.5) is 21.2 Å². The van der Waals surface area contributed by atoms with Crippen LogP contribution in [0.3, 0.4) is 0 Å². The first-order valence-electron chi connectivity index (χ1n) is 16.0. The number of H-pyrrole nitrogens is 2. The fourth-order valence-electron chi connectivity index (χ4n) is 6.28. The molecule has 51 heavy (non-hydrogen) atoms. The number of aromatic hydroxyl groups is 2. The molecule has 0 spiro atoms. The number of benzene rings is 1. The molecule has 268 valence electrons. The third kappa shape index (κ3) is 7.06. The quantitative estimate of drug-likeness (QED) is 0.274. The SMILES string of the molecule is CCOC(=O)N1CCN(c2[nH]c(=O)c(C(c3c(Cl)cccc3Cl)c3c(O)c(C#N)c(N4CCN(C(=O)OCC)CC4)[nH]c3=O)c(O)c2C#N)CC1. The second-order valence-electron chi connectivity index (χ2n) is 11.5. The van der Waals surface area contributed by atoms with E-state index < -0.39 is 51.8 Å². The van der Waals surface area contributed by atoms with Gasteiger partial charge in [0.25, 0.3) is 11.1 Å². The van der Waals surface area contributed by atoms with Crippen LogP contribution in [0, 0.1) is 22.7 Å². The van der Waals surface area contributed by atoms with Crippen molar-refractivity contribution in [3.8, 4) is 23.6 Å². The third-order valence-corrected chi connectivity index (χ3v) is 9.40. The predicted molar refractivity (Wildman–Crippen MR) is 186 cm³/mol. The van der Waals surface area contributed by atoms with Crippen molar-refractivity contribution in [2.75, 3.05) is 75.4 Å². The summed E-state index contributed by atoms with van der Waals surface area (Å²) in [4.78, 5) is 64.0. The van der Waals surface area contributed by atoms with Gasteiger partial charge in [0.05, 0.1) is 30.3 Å². The van der Waals surface area contributed by atoms with Crippen molar-refractivity contribution >= 4 is 47.0 Å². The summed E-state index contributed by atoms with van der Waals surface area (Å²) in [5, 5.41) is 43.8. The molecular weight excluding hydrogens is 707 g/mol. The molecule has 1 aromatic carbocycles. The van der Waals surface area contributed by atoms with Gasteiger partial charge in [-0.3, -0.25) is 9.59 Å². The number of aromatic amines is 2. The lowest BCUT2D eigenvalue weighted by atomic mass is 9.83. The second-order valence-corrected chi connectivity index (χ2v) is 12.3. The first-order chi connectivity index (χ1) is 24.5. The number of rotatable bonds is 7. The number of carbonyl (C=O) groups is 2. The largest absolute Gasteiger partial charge is 0.506 e. The first kappa shape index (κ1) is 36.7. The van der Waals surface area contributed by atoms with Crippen LogP contribution in [0.1, 0.15) is 47.6 Å². The summed E-state index contributed by atoms with van der Waals surface area (Å²) in [7, 11) is 0. The highest BCUT2D eigenvalue weighted by Crippen LogP contribution is 2.46. The van der Waals surface area contributed by atoms with Gasteiger partial charge >= 0.3 is 12.2 Å². The van der Waals surface area contributed by atoms with Gasteiger partial charge in [0.15, 0.2) is 0 Å². The number of hydrogen-bond acceptors (Lipinski definition) is 12. The van der Waals surface area contributed by atoms with Gasteiger partial charge in [0.1, 0.15) is 46.4 Å². The molecule has 2 aliphatic heterocycles. The van der Waals surface area contributed by atoms with Gasteiger partial charge in [-0.25, -0.2) is 9.59 Å². The van der Waals surface area contributed by atoms with E-state index in [0.717, 1.165) is 0 Å². The van der Waals surface area contributed by atoms with Crippen molar-refractivity contribution in [3.63, 3.8) is 0 Å². The minimum absolute atomic E-state index is 0.0237. The van der Waals surface area contributed by atoms with E-state index in [1.54, 1.807) is 23.6 Å². The molecule has 0 bridgehead atoms. The van der Waals surface area contributed by atoms with Crippen molar-refractivity contribution in [1.82, 2.24) is 19.8 Å². The van der Waals surface area contributed by atoms with Crippen LogP contribution in [-0.2, 0) is 9.47 Å². The van der Waals surface area contributed by atoms with E-state index in [4.69, 9.17) is 32.7 Å². The first-order valence-corrected chi connectivity index (χ1v) is 16.8. The van der Waals surface area contributed by atoms with E-state index in [2.05, 4.69) is 9.97 Å². The maximum absolute atomic E-state index is 14.0. The van der Waals surface area contributed by atoms with Gasteiger partial charge in [0, 0.05) is 68.0 Å². The summed E-state index contributed by atoms with van der Waals surface area (Å²) in [5.74, 6) is -3.33. The number of amides is 2. The lowest BCUT2D eigenvalue weighted by Crippen LogP contribution is -2.49. The van der Waals surface area contributed by atoms with Crippen LogP contribution in [0.5, 0.6) is 11.5 Å². The standard InChI is InChI=1S/C33H34Cl2N8O8/c1-3-50-32(48)42-12-8-40(9-13-42)28-18(16-36)26(44)24(30(46)38-28)23(22-20(34)6-5-7-21(22)35)25-27(45)19(17-37)29(39-31(25)47)41-10-14-43(15-11-41)33(49)51-4-2/h5-7,23H,3-4,8-15H2,1-2H3,(H2,38,44,46)(H2,39,45,47). The number of nitrogens with zero attached hydrogens (tertiary/aromatic N) is 6. The Bertz CT molecular complexity index is 1900. The summed E-state index contributed by atoms with van der Waals surface area (Å²) >= 11 is 13.2. The van der Waals surface area contributed by atoms with Crippen LogP contribution in [0.25, 0.3) is 0 Å². The number of hydrogen-bond donors (Lipinski definition) is 4. The molecule has 2 aliphatic rings. The van der Waals surface area contributed by atoms with Crippen molar-refractivity contribution < 1.29 is 29.3 Å². The van der Waals surface area contributed by atoms with Crippen molar-refractivity contribution in [1.29, 1.82) is 10.5 Å². The molecule has 5 rings (SSSR count). The molecule has 16 nitrogen and oxygen atoms in total. The number of piperazine rings is 2. The Balaban J connectivity index is 1.63. The number of carbonyl (C=O) groups excluding carboxylic acids is 2. The number of nitriles is 2. The van der Waals surface area contributed by atoms with Crippen LogP contribution in [0.2, 0.25) is 10.0 Å².